The number of carbonyl (C=O) groups excluding carboxylic acids is 1. The Morgan fingerprint density at radius 1 is 1.23 bits per heavy atom. The minimum absolute atomic E-state index is 0. The predicted octanol–water partition coefficient (Wildman–Crippen LogP) is 3.41. The number of hydrogen-bond donors (Lipinski definition) is 2. The minimum Gasteiger partial charge on any atom is -0.454 e. The molecular weight excluding hydrogens is 507 g/mol. The first-order valence-corrected chi connectivity index (χ1v) is 11.3. The van der Waals surface area contributed by atoms with Gasteiger partial charge in [0.2, 0.25) is 12.7 Å². The lowest BCUT2D eigenvalue weighted by molar-refractivity contribution is -0.129. The van der Waals surface area contributed by atoms with Crippen LogP contribution in [-0.4, -0.2) is 56.3 Å². The molecule has 4 rings (SSSR count). The van der Waals surface area contributed by atoms with Crippen LogP contribution in [0.3, 0.4) is 0 Å². The number of aliphatic imine (C=N–C) groups is 1. The van der Waals surface area contributed by atoms with Gasteiger partial charge in [0.15, 0.2) is 17.5 Å². The van der Waals surface area contributed by atoms with Crippen molar-refractivity contribution < 1.29 is 14.3 Å². The molecule has 8 heteroatoms. The summed E-state index contributed by atoms with van der Waals surface area (Å²) < 4.78 is 11.1. The summed E-state index contributed by atoms with van der Waals surface area (Å²) in [6.45, 7) is 4.63. The molecule has 1 amide bonds. The Morgan fingerprint density at radius 3 is 2.74 bits per heavy atom. The van der Waals surface area contributed by atoms with Crippen LogP contribution in [0.15, 0.2) is 23.2 Å². The summed E-state index contributed by atoms with van der Waals surface area (Å²) in [5.41, 5.74) is 1.38. The van der Waals surface area contributed by atoms with Gasteiger partial charge in [-0.1, -0.05) is 32.3 Å². The van der Waals surface area contributed by atoms with Crippen molar-refractivity contribution >= 4 is 35.8 Å². The van der Waals surface area contributed by atoms with Gasteiger partial charge in [0.25, 0.3) is 0 Å². The highest BCUT2D eigenvalue weighted by Gasteiger charge is 2.35. The zero-order chi connectivity index (χ0) is 21.0. The highest BCUT2D eigenvalue weighted by molar-refractivity contribution is 14.0. The van der Waals surface area contributed by atoms with Gasteiger partial charge >= 0.3 is 0 Å². The third-order valence-electron chi connectivity index (χ3n) is 6.80. The maximum Gasteiger partial charge on any atom is 0.231 e. The standard InChI is InChI=1S/C23H34N4O3.HI/c1-3-21(28)27-12-9-18(14-27)26-22(24-2)25-15-23(10-5-4-6-11-23)17-7-8-19-20(13-17)30-16-29-19;/h7-8,13,18H,3-6,9-12,14-16H2,1-2H3,(H2,24,25,26);1H. The molecule has 1 aromatic rings. The minimum atomic E-state index is 0. The van der Waals surface area contributed by atoms with Crippen molar-refractivity contribution in [2.24, 2.45) is 4.99 Å². The second kappa shape index (κ2) is 10.7. The zero-order valence-electron chi connectivity index (χ0n) is 18.6. The van der Waals surface area contributed by atoms with Gasteiger partial charge in [-0.05, 0) is 37.0 Å². The van der Waals surface area contributed by atoms with Crippen LogP contribution in [0, 0.1) is 0 Å². The number of ether oxygens (including phenoxy) is 2. The normalized spacial score (nSPS) is 22.1. The average Bonchev–Trinajstić information content (AvgIpc) is 3.45. The van der Waals surface area contributed by atoms with E-state index in [1.807, 2.05) is 24.9 Å². The Kier molecular flexibility index (Phi) is 8.30. The zero-order valence-corrected chi connectivity index (χ0v) is 20.9. The summed E-state index contributed by atoms with van der Waals surface area (Å²) in [6.07, 6.45) is 7.59. The van der Waals surface area contributed by atoms with Crippen LogP contribution in [0.5, 0.6) is 11.5 Å². The van der Waals surface area contributed by atoms with Crippen molar-refractivity contribution in [3.05, 3.63) is 23.8 Å². The molecule has 31 heavy (non-hydrogen) atoms. The van der Waals surface area contributed by atoms with Gasteiger partial charge < -0.3 is 25.0 Å². The molecule has 1 aliphatic carbocycles. The molecule has 0 aromatic heterocycles. The first-order valence-electron chi connectivity index (χ1n) is 11.3. The van der Waals surface area contributed by atoms with Gasteiger partial charge in [-0.2, -0.15) is 0 Å². The molecule has 7 nitrogen and oxygen atoms in total. The molecule has 0 bridgehead atoms. The molecule has 1 aromatic carbocycles. The predicted molar refractivity (Wildman–Crippen MR) is 133 cm³/mol. The molecule has 1 saturated carbocycles. The maximum absolute atomic E-state index is 12.0. The van der Waals surface area contributed by atoms with Gasteiger partial charge in [-0.25, -0.2) is 0 Å². The van der Waals surface area contributed by atoms with Crippen molar-refractivity contribution in [2.45, 2.75) is 63.3 Å². The molecule has 1 unspecified atom stereocenters. The number of carbonyl (C=O) groups is 1. The SMILES string of the molecule is CCC(=O)N1CCC(NC(=NC)NCC2(c3ccc4c(c3)OCO4)CCCCC2)C1.I. The van der Waals surface area contributed by atoms with Crippen molar-refractivity contribution in [3.8, 4) is 11.5 Å². The fourth-order valence-electron chi connectivity index (χ4n) is 4.99. The van der Waals surface area contributed by atoms with Crippen LogP contribution in [0.25, 0.3) is 0 Å². The fourth-order valence-corrected chi connectivity index (χ4v) is 4.99. The van der Waals surface area contributed by atoms with Crippen molar-refractivity contribution in [3.63, 3.8) is 0 Å². The van der Waals surface area contributed by atoms with E-state index in [4.69, 9.17) is 9.47 Å². The molecule has 2 N–H and O–H groups in total. The highest BCUT2D eigenvalue weighted by Crippen LogP contribution is 2.43. The monoisotopic (exact) mass is 542 g/mol. The lowest BCUT2D eigenvalue weighted by Crippen LogP contribution is -2.49. The molecule has 2 fully saturated rings. The molecule has 3 aliphatic rings. The van der Waals surface area contributed by atoms with Gasteiger partial charge in [-0.3, -0.25) is 9.79 Å². The molecule has 1 atom stereocenters. The number of hydrogen-bond acceptors (Lipinski definition) is 4. The number of rotatable bonds is 5. The third-order valence-corrected chi connectivity index (χ3v) is 6.80. The number of nitrogens with one attached hydrogen (secondary N) is 2. The number of guanidine groups is 1. The van der Waals surface area contributed by atoms with Crippen molar-refractivity contribution in [2.75, 3.05) is 33.5 Å². The summed E-state index contributed by atoms with van der Waals surface area (Å²) >= 11 is 0. The van der Waals surface area contributed by atoms with E-state index in [-0.39, 0.29) is 41.3 Å². The van der Waals surface area contributed by atoms with E-state index in [2.05, 4.69) is 27.8 Å². The Balaban J connectivity index is 0.00000272. The quantitative estimate of drug-likeness (QED) is 0.339. The number of nitrogens with zero attached hydrogens (tertiary/aromatic N) is 2. The largest absolute Gasteiger partial charge is 0.454 e. The van der Waals surface area contributed by atoms with E-state index in [1.54, 1.807) is 0 Å². The maximum atomic E-state index is 12.0. The summed E-state index contributed by atoms with van der Waals surface area (Å²) in [5, 5.41) is 7.12. The Bertz CT molecular complexity index is 795. The summed E-state index contributed by atoms with van der Waals surface area (Å²) in [6, 6.07) is 6.65. The van der Waals surface area contributed by atoms with Crippen LogP contribution in [0.4, 0.5) is 0 Å². The molecule has 2 aliphatic heterocycles. The summed E-state index contributed by atoms with van der Waals surface area (Å²) in [5.74, 6) is 2.73. The average molecular weight is 542 g/mol. The van der Waals surface area contributed by atoms with Crippen LogP contribution >= 0.6 is 24.0 Å². The second-order valence-electron chi connectivity index (χ2n) is 8.66. The van der Waals surface area contributed by atoms with E-state index >= 15 is 0 Å². The third kappa shape index (κ3) is 5.38. The smallest absolute Gasteiger partial charge is 0.231 e. The van der Waals surface area contributed by atoms with Crippen LogP contribution in [-0.2, 0) is 10.2 Å². The van der Waals surface area contributed by atoms with E-state index in [1.165, 1.54) is 24.8 Å². The molecule has 0 spiro atoms. The Morgan fingerprint density at radius 2 is 2.00 bits per heavy atom. The molecule has 172 valence electrons. The van der Waals surface area contributed by atoms with E-state index in [0.29, 0.717) is 13.2 Å². The molecule has 0 radical (unpaired) electrons. The second-order valence-corrected chi connectivity index (χ2v) is 8.66. The first-order chi connectivity index (χ1) is 14.6. The topological polar surface area (TPSA) is 75.2 Å². The Labute approximate surface area is 202 Å². The van der Waals surface area contributed by atoms with Gasteiger partial charge in [0, 0.05) is 44.6 Å². The Hall–Kier alpha value is -1.71. The number of benzene rings is 1. The number of amides is 1. The van der Waals surface area contributed by atoms with Crippen LogP contribution in [0.2, 0.25) is 0 Å². The van der Waals surface area contributed by atoms with Gasteiger partial charge in [-0.15, -0.1) is 24.0 Å². The highest BCUT2D eigenvalue weighted by atomic mass is 127. The molecular formula is C23H35IN4O3. The van der Waals surface area contributed by atoms with Crippen LogP contribution in [0.1, 0.15) is 57.4 Å². The van der Waals surface area contributed by atoms with Gasteiger partial charge in [0.05, 0.1) is 0 Å². The number of halogens is 1. The van der Waals surface area contributed by atoms with Crippen molar-refractivity contribution in [1.29, 1.82) is 0 Å². The summed E-state index contributed by atoms with van der Waals surface area (Å²) in [7, 11) is 1.81. The van der Waals surface area contributed by atoms with E-state index in [9.17, 15) is 4.79 Å². The first kappa shape index (κ1) is 23.9. The van der Waals surface area contributed by atoms with Crippen molar-refractivity contribution in [1.82, 2.24) is 15.5 Å². The van der Waals surface area contributed by atoms with Crippen LogP contribution < -0.4 is 20.1 Å². The molecule has 1 saturated heterocycles. The lowest BCUT2D eigenvalue weighted by Gasteiger charge is -2.38. The number of likely N-dealkylation sites (tertiary alicyclic amines) is 1. The molecule has 2 heterocycles. The number of fused-ring (bicyclic) bond motifs is 1. The van der Waals surface area contributed by atoms with E-state index < -0.39 is 0 Å². The lowest BCUT2D eigenvalue weighted by atomic mass is 9.69. The van der Waals surface area contributed by atoms with E-state index in [0.717, 1.165) is 56.4 Å². The summed E-state index contributed by atoms with van der Waals surface area (Å²) in [4.78, 5) is 18.4. The fraction of sp³-hybridized carbons (Fsp3) is 0.652. The van der Waals surface area contributed by atoms with Gasteiger partial charge in [0.1, 0.15) is 0 Å².